The zero-order valence-electron chi connectivity index (χ0n) is 30.2. The van der Waals surface area contributed by atoms with Gasteiger partial charge in [-0.05, 0) is 31.6 Å². The predicted octanol–water partition coefficient (Wildman–Crippen LogP) is -1.47. The Labute approximate surface area is 304 Å². The molecule has 1 unspecified atom stereocenters. The first-order valence-electron chi connectivity index (χ1n) is 18.2. The van der Waals surface area contributed by atoms with Gasteiger partial charge in [0.1, 0.15) is 24.1 Å². The van der Waals surface area contributed by atoms with Gasteiger partial charge < -0.3 is 60.7 Å². The van der Waals surface area contributed by atoms with E-state index < -0.39 is 36.8 Å². The summed E-state index contributed by atoms with van der Waals surface area (Å²) in [6, 6.07) is 0.271. The molecule has 52 heavy (non-hydrogen) atoms. The van der Waals surface area contributed by atoms with Crippen LogP contribution in [0.1, 0.15) is 70.1 Å². The predicted molar refractivity (Wildman–Crippen MR) is 187 cm³/mol. The number of ether oxygens (including phenoxy) is 5. The number of carbonyl (C=O) groups is 3. The van der Waals surface area contributed by atoms with Crippen LogP contribution in [0.15, 0.2) is 11.0 Å². The standard InChI is InChI=1S/C34H58N6O12/c1-23-20-29(44)38-25(23)7-3-2-4-8-27(42)37-11-13-49-15-17-51-19-18-50-16-14-48-12-9-28(43)36-10-5-6-24-21-40(34(47)39-32(24)35)33-31(46)30(45)26(22-41)52-33/h21,23,25-26,30-31,33,41,45-46H,2-20,22H2,1H3,(H,36,43)(H,37,42)(H,38,44)(H2,35,39,47)/t23-,25-,26-,30?,31+,33-/m1/s1. The third kappa shape index (κ3) is 15.4. The molecule has 0 aliphatic carbocycles. The fraction of sp³-hybridized carbons (Fsp3) is 0.794. The molecule has 2 aliphatic rings. The van der Waals surface area contributed by atoms with Gasteiger partial charge in [-0.1, -0.05) is 19.8 Å². The molecule has 18 nitrogen and oxygen atoms in total. The topological polar surface area (TPSA) is 255 Å². The number of rotatable bonds is 27. The second-order valence-electron chi connectivity index (χ2n) is 13.0. The summed E-state index contributed by atoms with van der Waals surface area (Å²) in [4.78, 5) is 51.6. The fourth-order valence-corrected chi connectivity index (χ4v) is 5.91. The summed E-state index contributed by atoms with van der Waals surface area (Å²) >= 11 is 0. The average Bonchev–Trinajstić information content (AvgIpc) is 3.59. The number of nitrogens with one attached hydrogen (secondary N) is 3. The maximum absolute atomic E-state index is 12.3. The molecule has 3 rings (SSSR count). The van der Waals surface area contributed by atoms with E-state index in [1.807, 2.05) is 0 Å². The van der Waals surface area contributed by atoms with Gasteiger partial charge in [0.05, 0.1) is 59.5 Å². The highest BCUT2D eigenvalue weighted by Gasteiger charge is 2.44. The molecule has 2 saturated heterocycles. The number of amides is 3. The van der Waals surface area contributed by atoms with Gasteiger partial charge in [0.2, 0.25) is 17.7 Å². The molecular weight excluding hydrogens is 684 g/mol. The number of aromatic nitrogens is 2. The summed E-state index contributed by atoms with van der Waals surface area (Å²) in [7, 11) is 0. The van der Waals surface area contributed by atoms with Crippen LogP contribution in [0.5, 0.6) is 0 Å². The summed E-state index contributed by atoms with van der Waals surface area (Å²) < 4.78 is 28.3. The summed E-state index contributed by atoms with van der Waals surface area (Å²) in [5.74, 6) is 0.380. The van der Waals surface area contributed by atoms with Crippen molar-refractivity contribution in [2.45, 2.75) is 95.3 Å². The van der Waals surface area contributed by atoms with E-state index in [9.17, 15) is 34.5 Å². The Balaban J connectivity index is 1.07. The van der Waals surface area contributed by atoms with Crippen molar-refractivity contribution in [1.82, 2.24) is 25.5 Å². The first kappa shape index (κ1) is 43.2. The van der Waals surface area contributed by atoms with Crippen LogP contribution < -0.4 is 27.4 Å². The lowest BCUT2D eigenvalue weighted by atomic mass is 9.97. The molecule has 2 aliphatic heterocycles. The number of anilines is 1. The van der Waals surface area contributed by atoms with Crippen LogP contribution in [-0.2, 0) is 44.5 Å². The normalized spacial score (nSPS) is 22.8. The summed E-state index contributed by atoms with van der Waals surface area (Å²) in [6.07, 6.45) is 2.29. The van der Waals surface area contributed by atoms with Crippen LogP contribution in [0.3, 0.4) is 0 Å². The van der Waals surface area contributed by atoms with Crippen molar-refractivity contribution < 1.29 is 53.4 Å². The van der Waals surface area contributed by atoms with Crippen molar-refractivity contribution in [3.8, 4) is 0 Å². The zero-order chi connectivity index (χ0) is 37.7. The van der Waals surface area contributed by atoms with Gasteiger partial charge in [-0.25, -0.2) is 4.79 Å². The Morgan fingerprint density at radius 2 is 1.54 bits per heavy atom. The summed E-state index contributed by atoms with van der Waals surface area (Å²) in [5.41, 5.74) is 5.64. The maximum Gasteiger partial charge on any atom is 0.351 e. The molecule has 2 fully saturated rings. The zero-order valence-corrected chi connectivity index (χ0v) is 30.2. The Kier molecular flexibility index (Phi) is 20.1. The van der Waals surface area contributed by atoms with Gasteiger partial charge in [0, 0.05) is 50.2 Å². The van der Waals surface area contributed by atoms with E-state index in [2.05, 4.69) is 27.9 Å². The van der Waals surface area contributed by atoms with Crippen LogP contribution in [-0.4, -0.2) is 139 Å². The van der Waals surface area contributed by atoms with Crippen molar-refractivity contribution in [1.29, 1.82) is 0 Å². The van der Waals surface area contributed by atoms with Crippen molar-refractivity contribution in [2.24, 2.45) is 5.92 Å². The molecule has 3 heterocycles. The molecule has 18 heteroatoms. The van der Waals surface area contributed by atoms with E-state index in [-0.39, 0.29) is 42.6 Å². The van der Waals surface area contributed by atoms with Gasteiger partial charge in [0.25, 0.3) is 0 Å². The first-order chi connectivity index (χ1) is 25.1. The van der Waals surface area contributed by atoms with Gasteiger partial charge in [0.15, 0.2) is 6.23 Å². The van der Waals surface area contributed by atoms with Crippen molar-refractivity contribution in [3.05, 3.63) is 22.2 Å². The van der Waals surface area contributed by atoms with Crippen LogP contribution in [0, 0.1) is 5.92 Å². The first-order valence-corrected chi connectivity index (χ1v) is 18.2. The van der Waals surface area contributed by atoms with E-state index in [1.54, 1.807) is 0 Å². The quantitative estimate of drug-likeness (QED) is 0.0509. The lowest BCUT2D eigenvalue weighted by Crippen LogP contribution is -2.36. The molecule has 8 N–H and O–H groups in total. The number of unbranched alkanes of at least 4 members (excludes halogenated alkanes) is 2. The number of nitrogens with two attached hydrogens (primary N) is 1. The number of aliphatic hydroxyl groups excluding tert-OH is 3. The average molecular weight is 743 g/mol. The number of carbonyl (C=O) groups excluding carboxylic acids is 3. The van der Waals surface area contributed by atoms with Crippen LogP contribution >= 0.6 is 0 Å². The number of hydrogen-bond donors (Lipinski definition) is 7. The Hall–Kier alpha value is -3.23. The van der Waals surface area contributed by atoms with E-state index in [0.717, 1.165) is 30.3 Å². The van der Waals surface area contributed by atoms with E-state index >= 15 is 0 Å². The molecule has 1 aromatic rings. The van der Waals surface area contributed by atoms with Crippen LogP contribution in [0.2, 0.25) is 0 Å². The molecule has 0 radical (unpaired) electrons. The number of nitrogen functional groups attached to an aromatic ring is 1. The number of aryl methyl sites for hydroxylation is 1. The molecule has 0 bridgehead atoms. The third-order valence-electron chi connectivity index (χ3n) is 8.91. The summed E-state index contributed by atoms with van der Waals surface area (Å²) in [5, 5.41) is 38.2. The van der Waals surface area contributed by atoms with Crippen LogP contribution in [0.4, 0.5) is 5.82 Å². The fourth-order valence-electron chi connectivity index (χ4n) is 5.91. The monoisotopic (exact) mass is 742 g/mol. The minimum atomic E-state index is -1.43. The third-order valence-corrected chi connectivity index (χ3v) is 8.91. The number of aliphatic hydroxyl groups is 3. The van der Waals surface area contributed by atoms with Crippen LogP contribution in [0.25, 0.3) is 0 Å². The van der Waals surface area contributed by atoms with Crippen molar-refractivity contribution >= 4 is 23.5 Å². The molecule has 0 spiro atoms. The minimum absolute atomic E-state index is 0.0178. The lowest BCUT2D eigenvalue weighted by molar-refractivity contribution is -0.122. The van der Waals surface area contributed by atoms with Crippen molar-refractivity contribution in [2.75, 3.05) is 78.3 Å². The SMILES string of the molecule is C[C@@H]1CC(=O)N[C@@H]1CCCCCC(=O)NCCOCCOCCOCCOCCC(=O)NCCCc1cn([C@@H]2O[C@H](CO)C(O)[C@@H]2O)c(=O)nc1N. The highest BCUT2D eigenvalue weighted by Crippen LogP contribution is 2.28. The molecule has 0 saturated carbocycles. The largest absolute Gasteiger partial charge is 0.394 e. The number of hydrogen-bond acceptors (Lipinski definition) is 14. The molecule has 3 amide bonds. The Bertz CT molecular complexity index is 1290. The highest BCUT2D eigenvalue weighted by molar-refractivity contribution is 5.79. The number of nitrogens with zero attached hydrogens (tertiary/aromatic N) is 2. The summed E-state index contributed by atoms with van der Waals surface area (Å²) in [6.45, 7) is 5.33. The second-order valence-corrected chi connectivity index (χ2v) is 13.0. The Morgan fingerprint density at radius 1 is 0.904 bits per heavy atom. The maximum atomic E-state index is 12.3. The molecule has 1 aromatic heterocycles. The van der Waals surface area contributed by atoms with Gasteiger partial charge in [-0.3, -0.25) is 19.0 Å². The minimum Gasteiger partial charge on any atom is -0.394 e. The second kappa shape index (κ2) is 24.2. The van der Waals surface area contributed by atoms with Gasteiger partial charge in [-0.2, -0.15) is 4.98 Å². The Morgan fingerprint density at radius 3 is 2.17 bits per heavy atom. The molecular formula is C34H58N6O12. The highest BCUT2D eigenvalue weighted by atomic mass is 16.6. The lowest BCUT2D eigenvalue weighted by Gasteiger charge is -2.18. The smallest absolute Gasteiger partial charge is 0.351 e. The van der Waals surface area contributed by atoms with Crippen molar-refractivity contribution in [3.63, 3.8) is 0 Å². The molecule has 296 valence electrons. The van der Waals surface area contributed by atoms with E-state index in [0.29, 0.717) is 96.5 Å². The van der Waals surface area contributed by atoms with Gasteiger partial charge in [-0.15, -0.1) is 0 Å². The van der Waals surface area contributed by atoms with Gasteiger partial charge >= 0.3 is 5.69 Å². The molecule has 6 atom stereocenters. The molecule has 0 aromatic carbocycles. The van der Waals surface area contributed by atoms with E-state index in [4.69, 9.17) is 29.4 Å². The van der Waals surface area contributed by atoms with E-state index in [1.165, 1.54) is 6.20 Å².